The number of rotatable bonds is 1. The fourth-order valence-corrected chi connectivity index (χ4v) is 2.81. The first kappa shape index (κ1) is 9.38. The van der Waals surface area contributed by atoms with Crippen LogP contribution in [0.1, 0.15) is 40.0 Å². The van der Waals surface area contributed by atoms with E-state index in [-0.39, 0.29) is 0 Å². The molecule has 66 valence electrons. The Hall–Kier alpha value is 0.290. The number of hydrogen-bond donors (Lipinski definition) is 0. The van der Waals surface area contributed by atoms with Crippen molar-refractivity contribution in [3.63, 3.8) is 0 Å². The molecule has 0 spiro atoms. The molecule has 11 heavy (non-hydrogen) atoms. The zero-order valence-corrected chi connectivity index (χ0v) is 8.56. The molecule has 1 heteroatoms. The molecule has 1 aliphatic rings. The summed E-state index contributed by atoms with van der Waals surface area (Å²) in [5.74, 6) is 2.39. The number of hydrogen-bond acceptors (Lipinski definition) is 0. The Kier molecular flexibility index (Phi) is 3.24. The van der Waals surface area contributed by atoms with Crippen LogP contribution in [0.15, 0.2) is 0 Å². The molecule has 0 aromatic heterocycles. The van der Waals surface area contributed by atoms with Gasteiger partial charge in [0.1, 0.15) is 0 Å². The van der Waals surface area contributed by atoms with Crippen LogP contribution in [-0.4, -0.2) is 5.38 Å². The van der Waals surface area contributed by atoms with E-state index in [9.17, 15) is 0 Å². The first-order valence-corrected chi connectivity index (χ1v) is 5.19. The Morgan fingerprint density at radius 1 is 1.27 bits per heavy atom. The SMILES string of the molecule is CC(C)C1CC[C@@H](C)C[C@H]1Cl. The standard InChI is InChI=1S/C10H19Cl/c1-7(2)9-5-4-8(3)6-10(9)11/h7-10H,4-6H2,1-3H3/t8-,9?,10-/m1/s1. The Bertz CT molecular complexity index is 120. The van der Waals surface area contributed by atoms with Gasteiger partial charge in [0.15, 0.2) is 0 Å². The van der Waals surface area contributed by atoms with E-state index in [0.29, 0.717) is 5.38 Å². The van der Waals surface area contributed by atoms with Crippen molar-refractivity contribution in [1.29, 1.82) is 0 Å². The highest BCUT2D eigenvalue weighted by Gasteiger charge is 2.28. The van der Waals surface area contributed by atoms with Gasteiger partial charge in [-0.15, -0.1) is 11.6 Å². The van der Waals surface area contributed by atoms with Gasteiger partial charge in [0.2, 0.25) is 0 Å². The van der Waals surface area contributed by atoms with E-state index in [1.165, 1.54) is 19.3 Å². The molecule has 0 nitrogen and oxygen atoms in total. The molecule has 0 saturated heterocycles. The molecule has 0 bridgehead atoms. The lowest BCUT2D eigenvalue weighted by atomic mass is 9.77. The van der Waals surface area contributed by atoms with E-state index in [0.717, 1.165) is 17.8 Å². The Labute approximate surface area is 75.3 Å². The molecule has 1 aliphatic carbocycles. The van der Waals surface area contributed by atoms with Crippen molar-refractivity contribution in [3.8, 4) is 0 Å². The van der Waals surface area contributed by atoms with Gasteiger partial charge in [-0.25, -0.2) is 0 Å². The summed E-state index contributed by atoms with van der Waals surface area (Å²) >= 11 is 6.27. The van der Waals surface area contributed by atoms with Gasteiger partial charge in [0.05, 0.1) is 0 Å². The maximum absolute atomic E-state index is 6.27. The van der Waals surface area contributed by atoms with E-state index >= 15 is 0 Å². The predicted octanol–water partition coefficient (Wildman–Crippen LogP) is 3.69. The molecule has 0 amide bonds. The van der Waals surface area contributed by atoms with E-state index < -0.39 is 0 Å². The minimum Gasteiger partial charge on any atom is -0.123 e. The predicted molar refractivity (Wildman–Crippen MR) is 51.0 cm³/mol. The molecule has 0 aromatic carbocycles. The number of alkyl halides is 1. The van der Waals surface area contributed by atoms with Crippen molar-refractivity contribution in [3.05, 3.63) is 0 Å². The monoisotopic (exact) mass is 174 g/mol. The van der Waals surface area contributed by atoms with E-state index in [1.807, 2.05) is 0 Å². The molecule has 1 rings (SSSR count). The second-order valence-corrected chi connectivity index (χ2v) is 4.90. The smallest absolute Gasteiger partial charge is 0.0369 e. The summed E-state index contributed by atoms with van der Waals surface area (Å²) in [5.41, 5.74) is 0. The lowest BCUT2D eigenvalue weighted by Crippen LogP contribution is -2.27. The second-order valence-electron chi connectivity index (χ2n) is 4.34. The Morgan fingerprint density at radius 2 is 1.91 bits per heavy atom. The van der Waals surface area contributed by atoms with Crippen molar-refractivity contribution in [1.82, 2.24) is 0 Å². The van der Waals surface area contributed by atoms with Gasteiger partial charge >= 0.3 is 0 Å². The van der Waals surface area contributed by atoms with Gasteiger partial charge < -0.3 is 0 Å². The molecule has 0 N–H and O–H groups in total. The first-order chi connectivity index (χ1) is 5.11. The van der Waals surface area contributed by atoms with Gasteiger partial charge in [0.25, 0.3) is 0 Å². The van der Waals surface area contributed by atoms with Crippen LogP contribution in [0, 0.1) is 17.8 Å². The van der Waals surface area contributed by atoms with Crippen molar-refractivity contribution >= 4 is 11.6 Å². The summed E-state index contributed by atoms with van der Waals surface area (Å²) < 4.78 is 0. The first-order valence-electron chi connectivity index (χ1n) is 4.75. The van der Waals surface area contributed by atoms with Crippen LogP contribution in [0.2, 0.25) is 0 Å². The maximum Gasteiger partial charge on any atom is 0.0369 e. The fraction of sp³-hybridized carbons (Fsp3) is 1.00. The largest absolute Gasteiger partial charge is 0.123 e. The van der Waals surface area contributed by atoms with Crippen LogP contribution in [0.25, 0.3) is 0 Å². The van der Waals surface area contributed by atoms with Crippen molar-refractivity contribution in [2.45, 2.75) is 45.4 Å². The summed E-state index contributed by atoms with van der Waals surface area (Å²) in [6.07, 6.45) is 3.95. The third-order valence-corrected chi connectivity index (χ3v) is 3.44. The van der Waals surface area contributed by atoms with E-state index in [1.54, 1.807) is 0 Å². The Morgan fingerprint density at radius 3 is 2.36 bits per heavy atom. The highest BCUT2D eigenvalue weighted by atomic mass is 35.5. The van der Waals surface area contributed by atoms with E-state index in [2.05, 4.69) is 20.8 Å². The van der Waals surface area contributed by atoms with Gasteiger partial charge in [-0.3, -0.25) is 0 Å². The minimum atomic E-state index is 0.443. The van der Waals surface area contributed by atoms with Crippen LogP contribution in [-0.2, 0) is 0 Å². The average molecular weight is 175 g/mol. The fourth-order valence-electron chi connectivity index (χ4n) is 2.09. The lowest BCUT2D eigenvalue weighted by Gasteiger charge is -2.33. The zero-order chi connectivity index (χ0) is 8.43. The summed E-state index contributed by atoms with van der Waals surface area (Å²) in [5, 5.41) is 0.443. The van der Waals surface area contributed by atoms with Crippen molar-refractivity contribution < 1.29 is 0 Å². The highest BCUT2D eigenvalue weighted by molar-refractivity contribution is 6.20. The quantitative estimate of drug-likeness (QED) is 0.532. The summed E-state index contributed by atoms with van der Waals surface area (Å²) in [4.78, 5) is 0. The molecular weight excluding hydrogens is 156 g/mol. The second kappa shape index (κ2) is 3.80. The molecule has 1 fully saturated rings. The van der Waals surface area contributed by atoms with Gasteiger partial charge in [-0.1, -0.05) is 27.2 Å². The van der Waals surface area contributed by atoms with Crippen LogP contribution >= 0.6 is 11.6 Å². The summed E-state index contributed by atoms with van der Waals surface area (Å²) in [6, 6.07) is 0. The van der Waals surface area contributed by atoms with Crippen molar-refractivity contribution in [2.24, 2.45) is 17.8 Å². The number of halogens is 1. The average Bonchev–Trinajstić information content (AvgIpc) is 1.85. The molecule has 0 heterocycles. The van der Waals surface area contributed by atoms with Gasteiger partial charge in [-0.05, 0) is 30.6 Å². The normalized spacial score (nSPS) is 39.5. The summed E-state index contributed by atoms with van der Waals surface area (Å²) in [6.45, 7) is 6.89. The molecule has 0 radical (unpaired) electrons. The van der Waals surface area contributed by atoms with Gasteiger partial charge in [0, 0.05) is 5.38 Å². The highest BCUT2D eigenvalue weighted by Crippen LogP contribution is 2.36. The third-order valence-electron chi connectivity index (χ3n) is 2.94. The van der Waals surface area contributed by atoms with E-state index in [4.69, 9.17) is 11.6 Å². The van der Waals surface area contributed by atoms with Crippen LogP contribution in [0.5, 0.6) is 0 Å². The summed E-state index contributed by atoms with van der Waals surface area (Å²) in [7, 11) is 0. The van der Waals surface area contributed by atoms with Crippen molar-refractivity contribution in [2.75, 3.05) is 0 Å². The third kappa shape index (κ3) is 2.37. The lowest BCUT2D eigenvalue weighted by molar-refractivity contribution is 0.240. The molecule has 0 aliphatic heterocycles. The van der Waals surface area contributed by atoms with Crippen LogP contribution < -0.4 is 0 Å². The molecular formula is C10H19Cl. The van der Waals surface area contributed by atoms with Crippen LogP contribution in [0.4, 0.5) is 0 Å². The molecule has 3 atom stereocenters. The van der Waals surface area contributed by atoms with Crippen LogP contribution in [0.3, 0.4) is 0 Å². The molecule has 1 unspecified atom stereocenters. The topological polar surface area (TPSA) is 0 Å². The molecule has 0 aromatic rings. The van der Waals surface area contributed by atoms with Gasteiger partial charge in [-0.2, -0.15) is 0 Å². The minimum absolute atomic E-state index is 0.443. The zero-order valence-electron chi connectivity index (χ0n) is 7.81. The molecule has 1 saturated carbocycles. The maximum atomic E-state index is 6.27. The Balaban J connectivity index is 2.44.